The summed E-state index contributed by atoms with van der Waals surface area (Å²) in [6.45, 7) is 8.63. The van der Waals surface area contributed by atoms with Crippen LogP contribution in [-0.4, -0.2) is 31.0 Å². The summed E-state index contributed by atoms with van der Waals surface area (Å²) >= 11 is 0. The number of hydrogen-bond acceptors (Lipinski definition) is 8. The SMILES string of the molecule is C=C(C)C(=O)Oc1ccc(-c2ccc(C(=O)Oc3ccc(OC(=O)C(=C)CC(=O)OC)cc3)cc2)cc1. The van der Waals surface area contributed by atoms with Crippen LogP contribution in [0.4, 0.5) is 0 Å². The molecule has 0 heterocycles. The molecular weight excluding hydrogens is 476 g/mol. The second-order valence-corrected chi connectivity index (χ2v) is 7.88. The number of esters is 4. The molecule has 0 aliphatic rings. The van der Waals surface area contributed by atoms with Crippen molar-refractivity contribution in [1.82, 2.24) is 0 Å². The van der Waals surface area contributed by atoms with Gasteiger partial charge in [0.05, 0.1) is 19.1 Å². The monoisotopic (exact) mass is 500 g/mol. The number of hydrogen-bond donors (Lipinski definition) is 0. The summed E-state index contributed by atoms with van der Waals surface area (Å²) in [4.78, 5) is 47.4. The first-order chi connectivity index (χ1) is 17.7. The molecule has 3 rings (SSSR count). The number of carbonyl (C=O) groups excluding carboxylic acids is 4. The zero-order valence-electron chi connectivity index (χ0n) is 20.3. The first kappa shape index (κ1) is 26.6. The van der Waals surface area contributed by atoms with Gasteiger partial charge < -0.3 is 18.9 Å². The summed E-state index contributed by atoms with van der Waals surface area (Å²) in [5.41, 5.74) is 2.33. The predicted octanol–water partition coefficient (Wildman–Crippen LogP) is 5.08. The second-order valence-electron chi connectivity index (χ2n) is 7.88. The highest BCUT2D eigenvalue weighted by Gasteiger charge is 2.15. The van der Waals surface area contributed by atoms with E-state index in [2.05, 4.69) is 17.9 Å². The van der Waals surface area contributed by atoms with Gasteiger partial charge in [0.2, 0.25) is 0 Å². The Kier molecular flexibility index (Phi) is 8.72. The smallest absolute Gasteiger partial charge is 0.343 e. The van der Waals surface area contributed by atoms with Crippen molar-refractivity contribution in [2.75, 3.05) is 7.11 Å². The van der Waals surface area contributed by atoms with E-state index in [0.29, 0.717) is 16.9 Å². The van der Waals surface area contributed by atoms with Crippen molar-refractivity contribution >= 4 is 23.9 Å². The number of benzene rings is 3. The molecule has 0 N–H and O–H groups in total. The van der Waals surface area contributed by atoms with Crippen LogP contribution >= 0.6 is 0 Å². The van der Waals surface area contributed by atoms with Gasteiger partial charge in [-0.3, -0.25) is 4.79 Å². The van der Waals surface area contributed by atoms with Crippen molar-refractivity contribution in [2.24, 2.45) is 0 Å². The molecule has 8 nitrogen and oxygen atoms in total. The largest absolute Gasteiger partial charge is 0.469 e. The molecule has 0 bridgehead atoms. The van der Waals surface area contributed by atoms with Gasteiger partial charge in [0, 0.05) is 11.1 Å². The lowest BCUT2D eigenvalue weighted by Crippen LogP contribution is -2.14. The lowest BCUT2D eigenvalue weighted by molar-refractivity contribution is -0.141. The Morgan fingerprint density at radius 2 is 1.08 bits per heavy atom. The minimum Gasteiger partial charge on any atom is -0.469 e. The lowest BCUT2D eigenvalue weighted by atomic mass is 10.0. The van der Waals surface area contributed by atoms with Gasteiger partial charge in [-0.05, 0) is 66.6 Å². The molecule has 0 saturated heterocycles. The predicted molar refractivity (Wildman–Crippen MR) is 135 cm³/mol. The zero-order chi connectivity index (χ0) is 26.9. The van der Waals surface area contributed by atoms with Crippen LogP contribution in [0.15, 0.2) is 97.1 Å². The summed E-state index contributed by atoms with van der Waals surface area (Å²) in [5.74, 6) is -1.57. The third-order valence-corrected chi connectivity index (χ3v) is 4.99. The van der Waals surface area contributed by atoms with Gasteiger partial charge >= 0.3 is 23.9 Å². The summed E-state index contributed by atoms with van der Waals surface area (Å²) in [7, 11) is 1.21. The summed E-state index contributed by atoms with van der Waals surface area (Å²) < 4.78 is 20.2. The van der Waals surface area contributed by atoms with Crippen molar-refractivity contribution in [2.45, 2.75) is 13.3 Å². The molecule has 0 aliphatic heterocycles. The molecule has 0 aliphatic carbocycles. The molecule has 0 atom stereocenters. The van der Waals surface area contributed by atoms with Crippen molar-refractivity contribution in [1.29, 1.82) is 0 Å². The molecular formula is C29H24O8. The van der Waals surface area contributed by atoms with Gasteiger partial charge in [-0.2, -0.15) is 0 Å². The van der Waals surface area contributed by atoms with Gasteiger partial charge in [-0.25, -0.2) is 14.4 Å². The second kappa shape index (κ2) is 12.1. The summed E-state index contributed by atoms with van der Waals surface area (Å²) in [6, 6.07) is 19.6. The van der Waals surface area contributed by atoms with E-state index in [0.717, 1.165) is 11.1 Å². The van der Waals surface area contributed by atoms with E-state index in [1.165, 1.54) is 31.4 Å². The maximum atomic E-state index is 12.5. The van der Waals surface area contributed by atoms with Crippen LogP contribution in [0.2, 0.25) is 0 Å². The van der Waals surface area contributed by atoms with E-state index in [1.54, 1.807) is 55.5 Å². The van der Waals surface area contributed by atoms with E-state index >= 15 is 0 Å². The summed E-state index contributed by atoms with van der Waals surface area (Å²) in [6.07, 6.45) is -0.278. The fraction of sp³-hybridized carbons (Fsp3) is 0.103. The highest BCUT2D eigenvalue weighted by Crippen LogP contribution is 2.24. The minimum atomic E-state index is -0.766. The fourth-order valence-electron chi connectivity index (χ4n) is 2.95. The normalized spacial score (nSPS) is 10.1. The minimum absolute atomic E-state index is 0.0482. The molecule has 0 saturated carbocycles. The van der Waals surface area contributed by atoms with Crippen molar-refractivity contribution in [3.63, 3.8) is 0 Å². The number of ether oxygens (including phenoxy) is 4. The Morgan fingerprint density at radius 3 is 1.57 bits per heavy atom. The van der Waals surface area contributed by atoms with Crippen LogP contribution in [-0.2, 0) is 19.1 Å². The van der Waals surface area contributed by atoms with E-state index < -0.39 is 23.9 Å². The quantitative estimate of drug-likeness (QED) is 0.228. The standard InChI is InChI=1S/C29H24O8/c1-18(2)27(31)35-23-11-9-21(10-12-23)20-5-7-22(8-6-20)29(33)37-25-15-13-24(14-16-25)36-28(32)19(3)17-26(30)34-4/h5-16H,1,3,17H2,2,4H3. The highest BCUT2D eigenvalue weighted by atomic mass is 16.5. The molecule has 0 aromatic heterocycles. The molecule has 8 heteroatoms. The number of methoxy groups -OCH3 is 1. The average molecular weight is 501 g/mol. The van der Waals surface area contributed by atoms with Crippen LogP contribution in [0.25, 0.3) is 11.1 Å². The molecule has 0 fully saturated rings. The van der Waals surface area contributed by atoms with Gasteiger partial charge in [0.1, 0.15) is 17.2 Å². The zero-order valence-corrected chi connectivity index (χ0v) is 20.3. The Morgan fingerprint density at radius 1 is 0.649 bits per heavy atom. The number of carbonyl (C=O) groups is 4. The van der Waals surface area contributed by atoms with E-state index in [9.17, 15) is 19.2 Å². The molecule has 37 heavy (non-hydrogen) atoms. The van der Waals surface area contributed by atoms with Crippen LogP contribution in [0.5, 0.6) is 17.2 Å². The molecule has 0 unspecified atom stereocenters. The summed E-state index contributed by atoms with van der Waals surface area (Å²) in [5, 5.41) is 0. The Bertz CT molecular complexity index is 1330. The van der Waals surface area contributed by atoms with Gasteiger partial charge in [-0.15, -0.1) is 0 Å². The Hall–Kier alpha value is -4.98. The maximum absolute atomic E-state index is 12.5. The molecule has 0 radical (unpaired) electrons. The topological polar surface area (TPSA) is 105 Å². The van der Waals surface area contributed by atoms with E-state index in [-0.39, 0.29) is 23.5 Å². The Balaban J connectivity index is 1.57. The van der Waals surface area contributed by atoms with Crippen molar-refractivity contribution in [3.8, 4) is 28.4 Å². The molecule has 3 aromatic rings. The molecule has 0 spiro atoms. The first-order valence-electron chi connectivity index (χ1n) is 11.0. The van der Waals surface area contributed by atoms with E-state index in [1.807, 2.05) is 0 Å². The van der Waals surface area contributed by atoms with Crippen LogP contribution in [0.1, 0.15) is 23.7 Å². The van der Waals surface area contributed by atoms with Crippen molar-refractivity contribution in [3.05, 3.63) is 103 Å². The average Bonchev–Trinajstić information content (AvgIpc) is 2.90. The van der Waals surface area contributed by atoms with E-state index in [4.69, 9.17) is 14.2 Å². The lowest BCUT2D eigenvalue weighted by Gasteiger charge is -2.08. The third-order valence-electron chi connectivity index (χ3n) is 4.99. The highest BCUT2D eigenvalue weighted by molar-refractivity contribution is 5.94. The van der Waals surface area contributed by atoms with Crippen molar-refractivity contribution < 1.29 is 38.1 Å². The van der Waals surface area contributed by atoms with Gasteiger partial charge in [-0.1, -0.05) is 37.4 Å². The fourth-order valence-corrected chi connectivity index (χ4v) is 2.95. The van der Waals surface area contributed by atoms with Crippen LogP contribution < -0.4 is 14.2 Å². The molecule has 188 valence electrons. The molecule has 0 amide bonds. The maximum Gasteiger partial charge on any atom is 0.343 e. The molecule has 3 aromatic carbocycles. The van der Waals surface area contributed by atoms with Crippen LogP contribution in [0, 0.1) is 0 Å². The first-order valence-corrected chi connectivity index (χ1v) is 11.0. The van der Waals surface area contributed by atoms with Gasteiger partial charge in [0.15, 0.2) is 0 Å². The van der Waals surface area contributed by atoms with Crippen LogP contribution in [0.3, 0.4) is 0 Å². The Labute approximate surface area is 213 Å². The van der Waals surface area contributed by atoms with Gasteiger partial charge in [0.25, 0.3) is 0 Å². The third kappa shape index (κ3) is 7.50. The number of rotatable bonds is 9.